The lowest BCUT2D eigenvalue weighted by Crippen LogP contribution is -2.76. The van der Waals surface area contributed by atoms with Crippen LogP contribution >= 0.6 is 0 Å². The second-order valence-corrected chi connectivity index (χ2v) is 13.8. The minimum Gasteiger partial charge on any atom is -0.458 e. The third-order valence-corrected chi connectivity index (χ3v) is 12.2. The summed E-state index contributed by atoms with van der Waals surface area (Å²) in [7, 11) is 0. The predicted octanol–water partition coefficient (Wildman–Crippen LogP) is -1.51. The van der Waals surface area contributed by atoms with Gasteiger partial charge in [0, 0.05) is 30.3 Å². The number of esters is 1. The van der Waals surface area contributed by atoms with Gasteiger partial charge in [-0.25, -0.2) is 4.79 Å². The predicted molar refractivity (Wildman–Crippen MR) is 139 cm³/mol. The van der Waals surface area contributed by atoms with Gasteiger partial charge in [-0.15, -0.1) is 0 Å². The second kappa shape index (κ2) is 9.91. The first-order chi connectivity index (χ1) is 19.2. The van der Waals surface area contributed by atoms with Crippen LogP contribution in [0.25, 0.3) is 0 Å². The maximum absolute atomic E-state index is 12.4. The number of aliphatic hydroxyl groups excluding tert-OH is 6. The van der Waals surface area contributed by atoms with Crippen molar-refractivity contribution in [2.45, 2.75) is 119 Å². The van der Waals surface area contributed by atoms with E-state index in [1.807, 2.05) is 6.92 Å². The Morgan fingerprint density at radius 3 is 2.41 bits per heavy atom. The zero-order valence-corrected chi connectivity index (χ0v) is 23.5. The van der Waals surface area contributed by atoms with Crippen molar-refractivity contribution in [1.29, 1.82) is 0 Å². The SMILES string of the molecule is CC1O[C@H](OC2C[C@@H](O)[C@]3(CO)[C@@H]4[C@@H](O)C[C@]5(C)[C@@H](C6=CC(=O)OC6)CC[C@@]5(O)[C@H]4CC[C@@]3(O)C2)[C@@H](O)[C@H](O)[C@H]1O. The van der Waals surface area contributed by atoms with Crippen molar-refractivity contribution in [2.24, 2.45) is 28.6 Å². The molecule has 15 atom stereocenters. The lowest BCUT2D eigenvalue weighted by atomic mass is 9.40. The molecule has 4 saturated carbocycles. The van der Waals surface area contributed by atoms with Gasteiger partial charge in [0.2, 0.25) is 0 Å². The summed E-state index contributed by atoms with van der Waals surface area (Å²) in [6.07, 6.45) is -6.68. The molecule has 0 aromatic carbocycles. The Balaban J connectivity index is 1.28. The molecule has 8 N–H and O–H groups in total. The maximum atomic E-state index is 12.4. The molecule has 0 radical (unpaired) electrons. The lowest BCUT2D eigenvalue weighted by Gasteiger charge is -2.68. The van der Waals surface area contributed by atoms with Crippen LogP contribution in [0.5, 0.6) is 0 Å². The molecule has 5 fully saturated rings. The largest absolute Gasteiger partial charge is 0.458 e. The van der Waals surface area contributed by atoms with E-state index in [0.29, 0.717) is 19.3 Å². The average Bonchev–Trinajstić information content (AvgIpc) is 3.45. The molecule has 232 valence electrons. The summed E-state index contributed by atoms with van der Waals surface area (Å²) in [6, 6.07) is 0. The molecule has 1 saturated heterocycles. The van der Waals surface area contributed by atoms with Crippen LogP contribution in [-0.4, -0.2) is 120 Å². The smallest absolute Gasteiger partial charge is 0.331 e. The third kappa shape index (κ3) is 3.99. The fourth-order valence-electron chi connectivity index (χ4n) is 10.1. The van der Waals surface area contributed by atoms with Gasteiger partial charge in [-0.1, -0.05) is 6.92 Å². The number of carbonyl (C=O) groups is 1. The third-order valence-electron chi connectivity index (χ3n) is 12.2. The molecule has 2 heterocycles. The van der Waals surface area contributed by atoms with E-state index >= 15 is 0 Å². The Bertz CT molecular complexity index is 1080. The van der Waals surface area contributed by atoms with Gasteiger partial charge in [0.1, 0.15) is 24.9 Å². The molecule has 41 heavy (non-hydrogen) atoms. The van der Waals surface area contributed by atoms with Crippen molar-refractivity contribution < 1.29 is 59.9 Å². The summed E-state index contributed by atoms with van der Waals surface area (Å²) >= 11 is 0. The highest BCUT2D eigenvalue weighted by atomic mass is 16.7. The highest BCUT2D eigenvalue weighted by Crippen LogP contribution is 2.70. The molecule has 6 rings (SSSR count). The zero-order valence-electron chi connectivity index (χ0n) is 23.5. The van der Waals surface area contributed by atoms with Gasteiger partial charge in [0.05, 0.1) is 47.6 Å². The number of hydrogen-bond acceptors (Lipinski definition) is 12. The van der Waals surface area contributed by atoms with E-state index in [4.69, 9.17) is 14.2 Å². The molecule has 0 aromatic heterocycles. The van der Waals surface area contributed by atoms with Crippen LogP contribution in [0.1, 0.15) is 58.8 Å². The number of rotatable bonds is 4. The van der Waals surface area contributed by atoms with Crippen LogP contribution in [-0.2, 0) is 19.0 Å². The minimum absolute atomic E-state index is 0.0369. The van der Waals surface area contributed by atoms with E-state index in [9.17, 15) is 45.6 Å². The molecule has 4 aliphatic carbocycles. The summed E-state index contributed by atoms with van der Waals surface area (Å²) in [4.78, 5) is 11.8. The molecule has 0 spiro atoms. The average molecular weight is 585 g/mol. The Morgan fingerprint density at radius 1 is 1.02 bits per heavy atom. The van der Waals surface area contributed by atoms with Crippen LogP contribution in [0.3, 0.4) is 0 Å². The fraction of sp³-hybridized carbons (Fsp3) is 0.897. The summed E-state index contributed by atoms with van der Waals surface area (Å²) in [6.45, 7) is 3.00. The van der Waals surface area contributed by atoms with E-state index in [0.717, 1.165) is 5.57 Å². The van der Waals surface area contributed by atoms with Crippen molar-refractivity contribution in [3.8, 4) is 0 Å². The lowest BCUT2D eigenvalue weighted by molar-refractivity contribution is -0.342. The van der Waals surface area contributed by atoms with Crippen LogP contribution in [0.2, 0.25) is 0 Å². The molecule has 6 aliphatic rings. The van der Waals surface area contributed by atoms with Crippen molar-refractivity contribution in [1.82, 2.24) is 0 Å². The van der Waals surface area contributed by atoms with Gasteiger partial charge in [0.25, 0.3) is 0 Å². The second-order valence-electron chi connectivity index (χ2n) is 13.8. The van der Waals surface area contributed by atoms with Crippen molar-refractivity contribution in [3.05, 3.63) is 11.6 Å². The topological polar surface area (TPSA) is 207 Å². The molecular formula is C29H44O12. The maximum Gasteiger partial charge on any atom is 0.331 e. The molecule has 0 amide bonds. The van der Waals surface area contributed by atoms with Gasteiger partial charge < -0.3 is 55.1 Å². The first-order valence-corrected chi connectivity index (χ1v) is 14.9. The zero-order chi connectivity index (χ0) is 29.7. The minimum atomic E-state index is -1.67. The molecule has 12 nitrogen and oxygen atoms in total. The Labute approximate surface area is 238 Å². The number of cyclic esters (lactones) is 1. The number of hydrogen-bond donors (Lipinski definition) is 8. The molecule has 2 unspecified atom stereocenters. The van der Waals surface area contributed by atoms with Crippen molar-refractivity contribution in [3.63, 3.8) is 0 Å². The molecule has 0 aromatic rings. The Kier molecular flexibility index (Phi) is 7.22. The fourth-order valence-corrected chi connectivity index (χ4v) is 10.1. The number of carbonyl (C=O) groups excluding carboxylic acids is 1. The van der Waals surface area contributed by atoms with Crippen LogP contribution in [0.15, 0.2) is 11.6 Å². The van der Waals surface area contributed by atoms with Crippen LogP contribution in [0, 0.1) is 28.6 Å². The molecular weight excluding hydrogens is 540 g/mol. The van der Waals surface area contributed by atoms with E-state index in [1.165, 1.54) is 13.0 Å². The Hall–Kier alpha value is -1.19. The van der Waals surface area contributed by atoms with E-state index in [1.54, 1.807) is 0 Å². The number of ether oxygens (including phenoxy) is 3. The van der Waals surface area contributed by atoms with Crippen molar-refractivity contribution in [2.75, 3.05) is 13.2 Å². The molecule has 0 bridgehead atoms. The van der Waals surface area contributed by atoms with Gasteiger partial charge in [-0.05, 0) is 56.4 Å². The van der Waals surface area contributed by atoms with Gasteiger partial charge in [0.15, 0.2) is 6.29 Å². The summed E-state index contributed by atoms with van der Waals surface area (Å²) in [5.74, 6) is -1.93. The summed E-state index contributed by atoms with van der Waals surface area (Å²) in [5, 5.41) is 89.6. The normalized spacial score (nSPS) is 56.9. The summed E-state index contributed by atoms with van der Waals surface area (Å²) in [5.41, 5.74) is -4.46. The quantitative estimate of drug-likeness (QED) is 0.140. The number of aliphatic hydroxyl groups is 8. The van der Waals surface area contributed by atoms with Gasteiger partial charge >= 0.3 is 5.97 Å². The van der Waals surface area contributed by atoms with E-state index in [-0.39, 0.29) is 38.2 Å². The van der Waals surface area contributed by atoms with Crippen LogP contribution < -0.4 is 0 Å². The number of fused-ring (bicyclic) bond motifs is 5. The van der Waals surface area contributed by atoms with Gasteiger partial charge in [-0.3, -0.25) is 0 Å². The van der Waals surface area contributed by atoms with E-state index < -0.39 is 95.5 Å². The van der Waals surface area contributed by atoms with Gasteiger partial charge in [-0.2, -0.15) is 0 Å². The standard InChI is InChI=1S/C29H44O12/c1-13-22(34)23(35)24(36)25(40-13)41-15-8-19(32)28(12-30)21-17(3-5-27(28,37)9-15)29(38)6-4-16(14-7-20(33)39-11-14)26(29,2)10-18(21)31/h7,13,15-19,21-25,30-32,34-38H,3-6,8-12H2,1-2H3/t13?,15?,16-,17+,18+,19-,21+,22+,23-,24+,25-,26-,27-,28-,29-/m1/s1. The van der Waals surface area contributed by atoms with Crippen molar-refractivity contribution >= 4 is 5.97 Å². The summed E-state index contributed by atoms with van der Waals surface area (Å²) < 4.78 is 16.7. The van der Waals surface area contributed by atoms with Crippen LogP contribution in [0.4, 0.5) is 0 Å². The Morgan fingerprint density at radius 2 is 1.76 bits per heavy atom. The molecule has 12 heteroatoms. The molecule has 2 aliphatic heterocycles. The first kappa shape index (κ1) is 29.9. The van der Waals surface area contributed by atoms with E-state index in [2.05, 4.69) is 0 Å². The first-order valence-electron chi connectivity index (χ1n) is 14.9. The monoisotopic (exact) mass is 584 g/mol. The highest BCUT2D eigenvalue weighted by molar-refractivity contribution is 5.85. The highest BCUT2D eigenvalue weighted by Gasteiger charge is 2.75.